The molecule has 0 spiro atoms. The molecule has 0 amide bonds. The lowest BCUT2D eigenvalue weighted by Gasteiger charge is -2.36. The van der Waals surface area contributed by atoms with Crippen molar-refractivity contribution in [2.45, 2.75) is 62.3 Å². The van der Waals surface area contributed by atoms with Gasteiger partial charge in [0.25, 0.3) is 0 Å². The lowest BCUT2D eigenvalue weighted by atomic mass is 9.87. The van der Waals surface area contributed by atoms with Gasteiger partial charge in [-0.25, -0.2) is 0 Å². The molecule has 1 N–H and O–H groups in total. The number of hydrogen-bond donors (Lipinski definition) is 1. The van der Waals surface area contributed by atoms with Gasteiger partial charge in [-0.05, 0) is 25.0 Å². The third kappa shape index (κ3) is 2.63. The first-order chi connectivity index (χ1) is 8.19. The molecule has 0 bridgehead atoms. The van der Waals surface area contributed by atoms with Gasteiger partial charge in [-0.2, -0.15) is 11.8 Å². The Hall–Kier alpha value is -0.220. The van der Waals surface area contributed by atoms with Gasteiger partial charge in [0.15, 0.2) is 0 Å². The van der Waals surface area contributed by atoms with E-state index in [1.165, 1.54) is 39.2 Å². The molecule has 2 aliphatic rings. The maximum atomic E-state index is 12.1. The Morgan fingerprint density at radius 3 is 2.59 bits per heavy atom. The highest BCUT2D eigenvalue weighted by molar-refractivity contribution is 8.00. The van der Waals surface area contributed by atoms with Gasteiger partial charge in [-0.15, -0.1) is 0 Å². The highest BCUT2D eigenvalue weighted by Crippen LogP contribution is 2.38. The molecule has 1 aliphatic carbocycles. The second-order valence-corrected chi connectivity index (χ2v) is 6.65. The van der Waals surface area contributed by atoms with Crippen LogP contribution in [0.5, 0.6) is 0 Å². The van der Waals surface area contributed by atoms with Gasteiger partial charge < -0.3 is 4.74 Å². The Bertz CT molecular complexity index is 279. The van der Waals surface area contributed by atoms with Crippen LogP contribution in [0, 0.1) is 0 Å². The summed E-state index contributed by atoms with van der Waals surface area (Å²) >= 11 is 1.87. The van der Waals surface area contributed by atoms with Crippen molar-refractivity contribution >= 4 is 17.7 Å². The Kier molecular flexibility index (Phi) is 4.36. The zero-order chi connectivity index (χ0) is 12.3. The fourth-order valence-electron chi connectivity index (χ4n) is 3.05. The van der Waals surface area contributed by atoms with Crippen LogP contribution in [-0.4, -0.2) is 35.7 Å². The number of nitrogens with one attached hydrogen (secondary N) is 1. The lowest BCUT2D eigenvalue weighted by Crippen LogP contribution is -2.60. The van der Waals surface area contributed by atoms with Crippen LogP contribution < -0.4 is 5.32 Å². The monoisotopic (exact) mass is 257 g/mol. The number of thioether (sulfide) groups is 1. The topological polar surface area (TPSA) is 38.3 Å². The second-order valence-electron chi connectivity index (χ2n) is 5.21. The summed E-state index contributed by atoms with van der Waals surface area (Å²) in [5.41, 5.74) is -0.429. The minimum absolute atomic E-state index is 0.0689. The van der Waals surface area contributed by atoms with Crippen LogP contribution in [0.25, 0.3) is 0 Å². The number of rotatable bonds is 3. The molecule has 0 aromatic heterocycles. The van der Waals surface area contributed by atoms with Crippen LogP contribution in [0.1, 0.15) is 45.4 Å². The highest BCUT2D eigenvalue weighted by Gasteiger charge is 2.49. The van der Waals surface area contributed by atoms with Crippen molar-refractivity contribution in [2.75, 3.05) is 12.9 Å². The van der Waals surface area contributed by atoms with Crippen LogP contribution >= 0.6 is 11.8 Å². The summed E-state index contributed by atoms with van der Waals surface area (Å²) in [5.74, 6) is 0.983. The average Bonchev–Trinajstić information content (AvgIpc) is 2.72. The van der Waals surface area contributed by atoms with Crippen molar-refractivity contribution in [3.63, 3.8) is 0 Å². The van der Waals surface area contributed by atoms with Crippen molar-refractivity contribution in [3.05, 3.63) is 0 Å². The smallest absolute Gasteiger partial charge is 0.327 e. The SMILES string of the molecule is COC(=O)C1(NC2CCCCC2)CCSC1C. The van der Waals surface area contributed by atoms with E-state index in [2.05, 4.69) is 12.2 Å². The molecule has 1 saturated heterocycles. The molecule has 1 aliphatic heterocycles. The van der Waals surface area contributed by atoms with Gasteiger partial charge >= 0.3 is 5.97 Å². The minimum atomic E-state index is -0.429. The molecular weight excluding hydrogens is 234 g/mol. The van der Waals surface area contributed by atoms with Crippen LogP contribution in [0.15, 0.2) is 0 Å². The first kappa shape index (κ1) is 13.2. The maximum Gasteiger partial charge on any atom is 0.327 e. The first-order valence-corrected chi connectivity index (χ1v) is 7.71. The zero-order valence-corrected chi connectivity index (χ0v) is 11.6. The molecule has 2 rings (SSSR count). The summed E-state index contributed by atoms with van der Waals surface area (Å²) in [5, 5.41) is 3.95. The normalized spacial score (nSPS) is 34.8. The van der Waals surface area contributed by atoms with Gasteiger partial charge in [-0.1, -0.05) is 26.2 Å². The molecule has 2 fully saturated rings. The van der Waals surface area contributed by atoms with E-state index in [1.54, 1.807) is 0 Å². The third-order valence-corrected chi connectivity index (χ3v) is 5.52. The van der Waals surface area contributed by atoms with E-state index in [1.807, 2.05) is 11.8 Å². The van der Waals surface area contributed by atoms with Gasteiger partial charge in [0.1, 0.15) is 5.54 Å². The zero-order valence-electron chi connectivity index (χ0n) is 10.8. The fourth-order valence-corrected chi connectivity index (χ4v) is 4.41. The number of esters is 1. The number of ether oxygens (including phenoxy) is 1. The Labute approximate surface area is 108 Å². The quantitative estimate of drug-likeness (QED) is 0.788. The standard InChI is InChI=1S/C13H23NO2S/c1-10-13(8-9-17-10,12(15)16-2)14-11-6-4-3-5-7-11/h10-11,14H,3-9H2,1-2H3. The summed E-state index contributed by atoms with van der Waals surface area (Å²) in [6, 6.07) is 0.504. The summed E-state index contributed by atoms with van der Waals surface area (Å²) in [4.78, 5) is 12.1. The van der Waals surface area contributed by atoms with Crippen molar-refractivity contribution in [3.8, 4) is 0 Å². The van der Waals surface area contributed by atoms with Crippen molar-refractivity contribution in [1.82, 2.24) is 5.32 Å². The Morgan fingerprint density at radius 2 is 2.06 bits per heavy atom. The van der Waals surface area contributed by atoms with Gasteiger partial charge in [0.05, 0.1) is 7.11 Å². The number of carbonyl (C=O) groups excluding carboxylic acids is 1. The maximum absolute atomic E-state index is 12.1. The van der Waals surface area contributed by atoms with Crippen molar-refractivity contribution in [1.29, 1.82) is 0 Å². The molecule has 1 saturated carbocycles. The van der Waals surface area contributed by atoms with Gasteiger partial charge in [0.2, 0.25) is 0 Å². The molecule has 0 aromatic rings. The van der Waals surface area contributed by atoms with Crippen LogP contribution in [-0.2, 0) is 9.53 Å². The molecule has 0 aromatic carbocycles. The van der Waals surface area contributed by atoms with Crippen molar-refractivity contribution < 1.29 is 9.53 Å². The van der Waals surface area contributed by atoms with E-state index in [0.717, 1.165) is 12.2 Å². The fraction of sp³-hybridized carbons (Fsp3) is 0.923. The highest BCUT2D eigenvalue weighted by atomic mass is 32.2. The van der Waals surface area contributed by atoms with Gasteiger partial charge in [0, 0.05) is 11.3 Å². The molecule has 1 heterocycles. The predicted molar refractivity (Wildman–Crippen MR) is 71.3 cm³/mol. The second kappa shape index (κ2) is 5.61. The molecule has 3 nitrogen and oxygen atoms in total. The molecule has 0 radical (unpaired) electrons. The lowest BCUT2D eigenvalue weighted by molar-refractivity contribution is -0.149. The van der Waals surface area contributed by atoms with E-state index >= 15 is 0 Å². The van der Waals surface area contributed by atoms with Crippen LogP contribution in [0.3, 0.4) is 0 Å². The largest absolute Gasteiger partial charge is 0.468 e. The summed E-state index contributed by atoms with van der Waals surface area (Å²) in [6.07, 6.45) is 7.23. The first-order valence-electron chi connectivity index (χ1n) is 6.67. The Balaban J connectivity index is 2.07. The summed E-state index contributed by atoms with van der Waals surface area (Å²) in [7, 11) is 1.50. The molecule has 2 atom stereocenters. The van der Waals surface area contributed by atoms with Crippen molar-refractivity contribution in [2.24, 2.45) is 0 Å². The van der Waals surface area contributed by atoms with Gasteiger partial charge in [-0.3, -0.25) is 10.1 Å². The molecule has 4 heteroatoms. The van der Waals surface area contributed by atoms with E-state index in [0.29, 0.717) is 11.3 Å². The number of methoxy groups -OCH3 is 1. The molecule has 98 valence electrons. The van der Waals surface area contributed by atoms with Crippen LogP contribution in [0.4, 0.5) is 0 Å². The average molecular weight is 257 g/mol. The Morgan fingerprint density at radius 1 is 1.35 bits per heavy atom. The predicted octanol–water partition coefficient (Wildman–Crippen LogP) is 2.35. The van der Waals surface area contributed by atoms with E-state index in [9.17, 15) is 4.79 Å². The number of hydrogen-bond acceptors (Lipinski definition) is 4. The van der Waals surface area contributed by atoms with Crippen LogP contribution in [0.2, 0.25) is 0 Å². The minimum Gasteiger partial charge on any atom is -0.468 e. The summed E-state index contributed by atoms with van der Waals surface area (Å²) in [6.45, 7) is 2.14. The molecule has 2 unspecified atom stereocenters. The van der Waals surface area contributed by atoms with E-state index in [-0.39, 0.29) is 5.97 Å². The summed E-state index contributed by atoms with van der Waals surface area (Å²) < 4.78 is 5.03. The number of carbonyl (C=O) groups is 1. The molecular formula is C13H23NO2S. The van der Waals surface area contributed by atoms with E-state index < -0.39 is 5.54 Å². The third-order valence-electron chi connectivity index (χ3n) is 4.17. The molecule has 17 heavy (non-hydrogen) atoms. The van der Waals surface area contributed by atoms with E-state index in [4.69, 9.17) is 4.74 Å².